The van der Waals surface area contributed by atoms with Crippen LogP contribution in [0.25, 0.3) is 22.3 Å². The highest BCUT2D eigenvalue weighted by molar-refractivity contribution is 5.79. The standard InChI is InChI=1S/C18H13F3N2/c19-18(20,21)15-8-4-7-13(9-15)16-10-14(11-23-17(16)22)12-5-2-1-3-6-12/h1-11H,(H2,22,23). The lowest BCUT2D eigenvalue weighted by Gasteiger charge is -2.11. The van der Waals surface area contributed by atoms with Crippen molar-refractivity contribution in [2.24, 2.45) is 0 Å². The van der Waals surface area contributed by atoms with Crippen LogP contribution < -0.4 is 5.73 Å². The molecule has 23 heavy (non-hydrogen) atoms. The summed E-state index contributed by atoms with van der Waals surface area (Å²) in [5, 5.41) is 0. The molecular formula is C18H13F3N2. The molecule has 2 aromatic carbocycles. The highest BCUT2D eigenvalue weighted by atomic mass is 19.4. The first-order valence-corrected chi connectivity index (χ1v) is 6.94. The van der Waals surface area contributed by atoms with Crippen molar-refractivity contribution in [3.63, 3.8) is 0 Å². The van der Waals surface area contributed by atoms with Gasteiger partial charge in [0.2, 0.25) is 0 Å². The number of pyridine rings is 1. The normalized spacial score (nSPS) is 11.4. The van der Waals surface area contributed by atoms with Crippen molar-refractivity contribution >= 4 is 5.82 Å². The van der Waals surface area contributed by atoms with Gasteiger partial charge in [0.25, 0.3) is 0 Å². The summed E-state index contributed by atoms with van der Waals surface area (Å²) >= 11 is 0. The molecule has 0 atom stereocenters. The van der Waals surface area contributed by atoms with Crippen molar-refractivity contribution in [2.45, 2.75) is 6.18 Å². The average Bonchev–Trinajstić information content (AvgIpc) is 2.55. The Balaban J connectivity index is 2.10. The number of hydrogen-bond donors (Lipinski definition) is 1. The van der Waals surface area contributed by atoms with Gasteiger partial charge < -0.3 is 5.73 Å². The van der Waals surface area contributed by atoms with Crippen molar-refractivity contribution in [3.8, 4) is 22.3 Å². The van der Waals surface area contributed by atoms with Crippen LogP contribution in [0.1, 0.15) is 5.56 Å². The summed E-state index contributed by atoms with van der Waals surface area (Å²) in [6.45, 7) is 0. The van der Waals surface area contributed by atoms with Crippen LogP contribution in [-0.2, 0) is 6.18 Å². The van der Waals surface area contributed by atoms with Crippen LogP contribution in [-0.4, -0.2) is 4.98 Å². The Morgan fingerprint density at radius 1 is 0.783 bits per heavy atom. The minimum atomic E-state index is -4.39. The highest BCUT2D eigenvalue weighted by Crippen LogP contribution is 2.34. The van der Waals surface area contributed by atoms with Gasteiger partial charge in [0.1, 0.15) is 5.82 Å². The van der Waals surface area contributed by atoms with E-state index in [1.807, 2.05) is 30.3 Å². The van der Waals surface area contributed by atoms with Gasteiger partial charge in [0.05, 0.1) is 5.56 Å². The molecule has 0 radical (unpaired) electrons. The maximum atomic E-state index is 12.9. The smallest absolute Gasteiger partial charge is 0.383 e. The van der Waals surface area contributed by atoms with Crippen LogP contribution in [0.4, 0.5) is 19.0 Å². The molecule has 3 rings (SSSR count). The molecule has 0 fully saturated rings. The second kappa shape index (κ2) is 5.76. The number of aromatic nitrogens is 1. The van der Waals surface area contributed by atoms with E-state index in [9.17, 15) is 13.2 Å². The first-order chi connectivity index (χ1) is 10.9. The molecule has 0 aliphatic rings. The Hall–Kier alpha value is -2.82. The summed E-state index contributed by atoms with van der Waals surface area (Å²) in [5.41, 5.74) is 7.76. The number of anilines is 1. The lowest BCUT2D eigenvalue weighted by Crippen LogP contribution is -2.05. The maximum Gasteiger partial charge on any atom is 0.416 e. The molecule has 5 heteroatoms. The lowest BCUT2D eigenvalue weighted by atomic mass is 9.99. The zero-order valence-electron chi connectivity index (χ0n) is 12.0. The first-order valence-electron chi connectivity index (χ1n) is 6.94. The quantitative estimate of drug-likeness (QED) is 0.721. The summed E-state index contributed by atoms with van der Waals surface area (Å²) in [4.78, 5) is 4.12. The molecule has 0 bridgehead atoms. The third-order valence-corrected chi connectivity index (χ3v) is 3.53. The third-order valence-electron chi connectivity index (χ3n) is 3.53. The fraction of sp³-hybridized carbons (Fsp3) is 0.0556. The Morgan fingerprint density at radius 2 is 1.48 bits per heavy atom. The van der Waals surface area contributed by atoms with E-state index in [4.69, 9.17) is 5.73 Å². The van der Waals surface area contributed by atoms with E-state index in [-0.39, 0.29) is 5.82 Å². The van der Waals surface area contributed by atoms with Crippen LogP contribution in [0.3, 0.4) is 0 Å². The molecule has 3 aromatic rings. The van der Waals surface area contributed by atoms with E-state index in [0.717, 1.165) is 23.3 Å². The molecule has 2 nitrogen and oxygen atoms in total. The molecule has 0 spiro atoms. The van der Waals surface area contributed by atoms with Gasteiger partial charge in [-0.25, -0.2) is 4.98 Å². The van der Waals surface area contributed by atoms with E-state index >= 15 is 0 Å². The predicted molar refractivity (Wildman–Crippen MR) is 84.5 cm³/mol. The summed E-state index contributed by atoms with van der Waals surface area (Å²) in [6.07, 6.45) is -2.78. The van der Waals surface area contributed by atoms with Gasteiger partial charge in [-0.05, 0) is 29.3 Å². The van der Waals surface area contributed by atoms with Crippen molar-refractivity contribution in [3.05, 3.63) is 72.4 Å². The van der Waals surface area contributed by atoms with Crippen LogP contribution in [0, 0.1) is 0 Å². The minimum absolute atomic E-state index is 0.198. The molecule has 1 aromatic heterocycles. The van der Waals surface area contributed by atoms with Gasteiger partial charge in [-0.15, -0.1) is 0 Å². The molecule has 1 heterocycles. The number of nitrogens with two attached hydrogens (primary N) is 1. The largest absolute Gasteiger partial charge is 0.416 e. The summed E-state index contributed by atoms with van der Waals surface area (Å²) < 4.78 is 38.6. The molecule has 0 amide bonds. The number of alkyl halides is 3. The van der Waals surface area contributed by atoms with Gasteiger partial charge >= 0.3 is 6.18 Å². The molecule has 0 aliphatic carbocycles. The Labute approximate surface area is 131 Å². The number of nitrogen functional groups attached to an aromatic ring is 1. The maximum absolute atomic E-state index is 12.9. The zero-order valence-corrected chi connectivity index (χ0v) is 12.0. The van der Waals surface area contributed by atoms with E-state index in [1.54, 1.807) is 18.3 Å². The van der Waals surface area contributed by atoms with Gasteiger partial charge in [-0.2, -0.15) is 13.2 Å². The summed E-state index contributed by atoms with van der Waals surface area (Å²) in [7, 11) is 0. The van der Waals surface area contributed by atoms with Crippen molar-refractivity contribution in [2.75, 3.05) is 5.73 Å². The first kappa shape index (κ1) is 15.1. The van der Waals surface area contributed by atoms with Crippen LogP contribution in [0.5, 0.6) is 0 Å². The van der Waals surface area contributed by atoms with E-state index in [1.165, 1.54) is 6.07 Å². The second-order valence-electron chi connectivity index (χ2n) is 5.10. The van der Waals surface area contributed by atoms with Crippen molar-refractivity contribution < 1.29 is 13.2 Å². The van der Waals surface area contributed by atoms with Gasteiger partial charge in [0.15, 0.2) is 0 Å². The molecule has 0 saturated carbocycles. The second-order valence-corrected chi connectivity index (χ2v) is 5.10. The van der Waals surface area contributed by atoms with Crippen LogP contribution in [0.2, 0.25) is 0 Å². The molecule has 0 saturated heterocycles. The summed E-state index contributed by atoms with van der Waals surface area (Å²) in [5.74, 6) is 0.198. The molecule has 116 valence electrons. The molecule has 0 aliphatic heterocycles. The Kier molecular flexibility index (Phi) is 3.78. The molecular weight excluding hydrogens is 301 g/mol. The Bertz CT molecular complexity index is 827. The fourth-order valence-corrected chi connectivity index (χ4v) is 2.36. The molecule has 2 N–H and O–H groups in total. The molecule has 0 unspecified atom stereocenters. The average molecular weight is 314 g/mol. The highest BCUT2D eigenvalue weighted by Gasteiger charge is 2.30. The number of halogens is 3. The van der Waals surface area contributed by atoms with Crippen LogP contribution in [0.15, 0.2) is 66.9 Å². The van der Waals surface area contributed by atoms with Gasteiger partial charge in [-0.1, -0.05) is 42.5 Å². The number of hydrogen-bond acceptors (Lipinski definition) is 2. The van der Waals surface area contributed by atoms with E-state index in [0.29, 0.717) is 11.1 Å². The zero-order chi connectivity index (χ0) is 16.4. The number of nitrogens with zero attached hydrogens (tertiary/aromatic N) is 1. The lowest BCUT2D eigenvalue weighted by molar-refractivity contribution is -0.137. The number of rotatable bonds is 2. The van der Waals surface area contributed by atoms with Crippen molar-refractivity contribution in [1.29, 1.82) is 0 Å². The minimum Gasteiger partial charge on any atom is -0.383 e. The van der Waals surface area contributed by atoms with Crippen molar-refractivity contribution in [1.82, 2.24) is 4.98 Å². The summed E-state index contributed by atoms with van der Waals surface area (Å²) in [6, 6.07) is 16.3. The SMILES string of the molecule is Nc1ncc(-c2ccccc2)cc1-c1cccc(C(F)(F)F)c1. The predicted octanol–water partition coefficient (Wildman–Crippen LogP) is 5.02. The van der Waals surface area contributed by atoms with Gasteiger partial charge in [-0.3, -0.25) is 0 Å². The third kappa shape index (κ3) is 3.18. The van der Waals surface area contributed by atoms with E-state index in [2.05, 4.69) is 4.98 Å². The van der Waals surface area contributed by atoms with E-state index < -0.39 is 11.7 Å². The fourth-order valence-electron chi connectivity index (χ4n) is 2.36. The Morgan fingerprint density at radius 3 is 2.17 bits per heavy atom. The van der Waals surface area contributed by atoms with Gasteiger partial charge in [0, 0.05) is 17.3 Å². The monoisotopic (exact) mass is 314 g/mol. The van der Waals surface area contributed by atoms with Crippen LogP contribution >= 0.6 is 0 Å². The topological polar surface area (TPSA) is 38.9 Å². The number of benzene rings is 2.